The Labute approximate surface area is 125 Å². The van der Waals surface area contributed by atoms with Crippen LogP contribution in [0, 0.1) is 17.8 Å². The van der Waals surface area contributed by atoms with Crippen molar-refractivity contribution in [3.63, 3.8) is 0 Å². The Hall–Kier alpha value is -0.580. The van der Waals surface area contributed by atoms with Crippen LogP contribution in [0.25, 0.3) is 0 Å². The van der Waals surface area contributed by atoms with Gasteiger partial charge >= 0.3 is 0 Å². The molecule has 1 saturated carbocycles. The Bertz CT molecular complexity index is 325. The summed E-state index contributed by atoms with van der Waals surface area (Å²) < 4.78 is 5.69. The van der Waals surface area contributed by atoms with Crippen molar-refractivity contribution < 1.29 is 22.8 Å². The average Bonchev–Trinajstić information content (AvgIpc) is 2.68. The number of fused-ring (bicyclic) bond motifs is 1. The fourth-order valence-electron chi connectivity index (χ4n) is 3.57. The zero-order valence-electron chi connectivity index (χ0n) is 13.3. The third-order valence-corrected chi connectivity index (χ3v) is 4.75. The fourth-order valence-corrected chi connectivity index (χ4v) is 3.57. The first-order chi connectivity index (χ1) is 9.64. The van der Waals surface area contributed by atoms with Crippen LogP contribution in [-0.2, 0) is 9.62 Å². The number of hydrogen-bond donors (Lipinski definition) is 2. The minimum absolute atomic E-state index is 0. The minimum atomic E-state index is -0.658. The molecule has 1 fully saturated rings. The van der Waals surface area contributed by atoms with Crippen LogP contribution in [0.3, 0.4) is 0 Å². The number of hydrogen-bond acceptors (Lipinski definition) is 4. The maximum absolute atomic E-state index is 9.52. The molecule has 1 aliphatic heterocycles. The summed E-state index contributed by atoms with van der Waals surface area (Å²) in [6.07, 6.45) is 6.10. The SMILES string of the molecule is CC.CC1=CCC2CCCC([C@@H](C)CO)[C@@]2(OO)CO1.[HH].[HH]. The molecule has 4 nitrogen and oxygen atoms in total. The van der Waals surface area contributed by atoms with Crippen molar-refractivity contribution in [3.8, 4) is 0 Å². The second-order valence-corrected chi connectivity index (χ2v) is 5.78. The van der Waals surface area contributed by atoms with Gasteiger partial charge in [-0.05, 0) is 50.0 Å². The summed E-state index contributed by atoms with van der Waals surface area (Å²) in [5, 5.41) is 18.9. The van der Waals surface area contributed by atoms with Crippen molar-refractivity contribution in [2.45, 2.75) is 59.0 Å². The van der Waals surface area contributed by atoms with Gasteiger partial charge in [0.25, 0.3) is 0 Å². The third kappa shape index (κ3) is 3.35. The first kappa shape index (κ1) is 17.5. The molecule has 2 aliphatic rings. The molecular weight excluding hydrogens is 256 g/mol. The summed E-state index contributed by atoms with van der Waals surface area (Å²) in [4.78, 5) is 4.98. The average molecular weight is 290 g/mol. The number of rotatable bonds is 3. The molecule has 2 rings (SSSR count). The smallest absolute Gasteiger partial charge is 0.143 e. The molecule has 0 aromatic rings. The molecule has 20 heavy (non-hydrogen) atoms. The van der Waals surface area contributed by atoms with Gasteiger partial charge in [0.15, 0.2) is 0 Å². The van der Waals surface area contributed by atoms with Gasteiger partial charge in [-0.3, -0.25) is 5.26 Å². The molecule has 0 radical (unpaired) electrons. The van der Waals surface area contributed by atoms with E-state index in [0.29, 0.717) is 6.61 Å². The van der Waals surface area contributed by atoms with Gasteiger partial charge in [-0.25, -0.2) is 4.89 Å². The van der Waals surface area contributed by atoms with Gasteiger partial charge in [0, 0.05) is 9.46 Å². The van der Waals surface area contributed by atoms with Gasteiger partial charge in [-0.1, -0.05) is 27.2 Å². The predicted molar refractivity (Wildman–Crippen MR) is 83.4 cm³/mol. The van der Waals surface area contributed by atoms with Crippen LogP contribution in [0.5, 0.6) is 0 Å². The lowest BCUT2D eigenvalue weighted by atomic mass is 9.64. The molecule has 2 unspecified atom stereocenters. The van der Waals surface area contributed by atoms with E-state index in [1.807, 2.05) is 27.7 Å². The minimum Gasteiger partial charge on any atom is -0.495 e. The normalized spacial score (nSPS) is 34.6. The van der Waals surface area contributed by atoms with Gasteiger partial charge in [-0.2, -0.15) is 0 Å². The summed E-state index contributed by atoms with van der Waals surface area (Å²) in [7, 11) is 0. The molecule has 0 aromatic carbocycles. The van der Waals surface area contributed by atoms with Gasteiger partial charge in [0.2, 0.25) is 0 Å². The zero-order valence-corrected chi connectivity index (χ0v) is 13.3. The second-order valence-electron chi connectivity index (χ2n) is 5.78. The van der Waals surface area contributed by atoms with Crippen LogP contribution in [0.2, 0.25) is 0 Å². The first-order valence-electron chi connectivity index (χ1n) is 7.87. The molecule has 0 spiro atoms. The largest absolute Gasteiger partial charge is 0.495 e. The third-order valence-electron chi connectivity index (χ3n) is 4.75. The van der Waals surface area contributed by atoms with Crippen LogP contribution in [0.15, 0.2) is 11.8 Å². The molecule has 4 atom stereocenters. The number of ether oxygens (including phenoxy) is 1. The van der Waals surface area contributed by atoms with E-state index in [1.165, 1.54) is 0 Å². The maximum Gasteiger partial charge on any atom is 0.143 e. The molecule has 122 valence electrons. The summed E-state index contributed by atoms with van der Waals surface area (Å²) in [6.45, 7) is 8.45. The molecule has 1 heterocycles. The van der Waals surface area contributed by atoms with Crippen LogP contribution in [0.4, 0.5) is 0 Å². The summed E-state index contributed by atoms with van der Waals surface area (Å²) in [5.74, 6) is 1.43. The lowest BCUT2D eigenvalue weighted by molar-refractivity contribution is -0.370. The van der Waals surface area contributed by atoms with Crippen molar-refractivity contribution in [1.82, 2.24) is 0 Å². The predicted octanol–water partition coefficient (Wildman–Crippen LogP) is 4.10. The first-order valence-corrected chi connectivity index (χ1v) is 7.87. The zero-order chi connectivity index (χ0) is 15.2. The van der Waals surface area contributed by atoms with Crippen LogP contribution < -0.4 is 0 Å². The van der Waals surface area contributed by atoms with Crippen molar-refractivity contribution in [3.05, 3.63) is 11.8 Å². The van der Waals surface area contributed by atoms with Gasteiger partial charge < -0.3 is 9.84 Å². The van der Waals surface area contributed by atoms with Crippen molar-refractivity contribution in [1.29, 1.82) is 0 Å². The second kappa shape index (κ2) is 8.01. The number of aliphatic hydroxyl groups excluding tert-OH is 1. The standard InChI is InChI=1S/C14H24O4.C2H6.2H2/c1-10(8-15)13-5-3-4-12-7-6-11(2)17-9-14(12,13)18-16;1-2;;/h6,10,12-13,15-16H,3-5,7-9H2,1-2H3;1-2H3;2*1H/t10-,12?,13?,14+;;;/m0.../s1. The topological polar surface area (TPSA) is 58.9 Å². The van der Waals surface area contributed by atoms with Crippen molar-refractivity contribution in [2.75, 3.05) is 13.2 Å². The monoisotopic (exact) mass is 290 g/mol. The molecule has 2 N–H and O–H groups in total. The highest BCUT2D eigenvalue weighted by molar-refractivity contribution is 5.06. The quantitative estimate of drug-likeness (QED) is 0.607. The van der Waals surface area contributed by atoms with Crippen LogP contribution in [0.1, 0.15) is 56.2 Å². The molecule has 0 aromatic heterocycles. The number of aliphatic hydroxyl groups is 1. The molecule has 0 amide bonds. The Kier molecular flexibility index (Phi) is 7.00. The lowest BCUT2D eigenvalue weighted by Gasteiger charge is -2.47. The summed E-state index contributed by atoms with van der Waals surface area (Å²) >= 11 is 0. The summed E-state index contributed by atoms with van der Waals surface area (Å²) in [5.41, 5.74) is -0.658. The summed E-state index contributed by atoms with van der Waals surface area (Å²) in [6, 6.07) is 0. The maximum atomic E-state index is 9.52. The lowest BCUT2D eigenvalue weighted by Crippen LogP contribution is -2.55. The van der Waals surface area contributed by atoms with E-state index in [4.69, 9.17) is 9.62 Å². The van der Waals surface area contributed by atoms with E-state index in [2.05, 4.69) is 6.08 Å². The van der Waals surface area contributed by atoms with Crippen molar-refractivity contribution >= 4 is 0 Å². The van der Waals surface area contributed by atoms with E-state index in [1.54, 1.807) is 0 Å². The van der Waals surface area contributed by atoms with E-state index < -0.39 is 5.60 Å². The molecule has 1 aliphatic carbocycles. The van der Waals surface area contributed by atoms with Gasteiger partial charge in [0.05, 0.1) is 5.76 Å². The van der Waals surface area contributed by atoms with Crippen LogP contribution >= 0.6 is 0 Å². The van der Waals surface area contributed by atoms with E-state index in [9.17, 15) is 10.4 Å². The van der Waals surface area contributed by atoms with E-state index in [-0.39, 0.29) is 27.2 Å². The Morgan fingerprint density at radius 3 is 2.80 bits per heavy atom. The Morgan fingerprint density at radius 2 is 2.20 bits per heavy atom. The Balaban J connectivity index is 0. The molecular formula is C16H34O4. The molecule has 4 heteroatoms. The highest BCUT2D eigenvalue weighted by Crippen LogP contribution is 2.47. The highest BCUT2D eigenvalue weighted by atomic mass is 17.1. The van der Waals surface area contributed by atoms with Gasteiger partial charge in [0.1, 0.15) is 12.2 Å². The van der Waals surface area contributed by atoms with Crippen molar-refractivity contribution in [2.24, 2.45) is 17.8 Å². The highest BCUT2D eigenvalue weighted by Gasteiger charge is 2.52. The molecule has 0 saturated heterocycles. The Morgan fingerprint density at radius 1 is 1.50 bits per heavy atom. The fraction of sp³-hybridized carbons (Fsp3) is 0.875. The van der Waals surface area contributed by atoms with Crippen LogP contribution in [-0.4, -0.2) is 29.2 Å². The van der Waals surface area contributed by atoms with E-state index in [0.717, 1.165) is 31.4 Å². The van der Waals surface area contributed by atoms with E-state index >= 15 is 0 Å². The van der Waals surface area contributed by atoms with Gasteiger partial charge in [-0.15, -0.1) is 0 Å². The number of allylic oxidation sites excluding steroid dienone is 2. The molecule has 0 bridgehead atoms.